The van der Waals surface area contributed by atoms with E-state index >= 15 is 0 Å². The van der Waals surface area contributed by atoms with Crippen molar-refractivity contribution in [3.8, 4) is 0 Å². The lowest BCUT2D eigenvalue weighted by atomic mass is 9.85. The minimum absolute atomic E-state index is 0.0865. The number of hydrogen-bond donors (Lipinski definition) is 1. The van der Waals surface area contributed by atoms with Gasteiger partial charge in [0.15, 0.2) is 0 Å². The van der Waals surface area contributed by atoms with E-state index in [1.165, 1.54) is 6.07 Å². The van der Waals surface area contributed by atoms with Gasteiger partial charge in [-0.05, 0) is 44.4 Å². The third-order valence-corrected chi connectivity index (χ3v) is 3.82. The number of hydrogen-bond acceptors (Lipinski definition) is 3. The highest BCUT2D eigenvalue weighted by atomic mass is 35.5. The van der Waals surface area contributed by atoms with Gasteiger partial charge in [0.25, 0.3) is 0 Å². The highest BCUT2D eigenvalue weighted by Gasteiger charge is 2.28. The SMILES string of the molecule is CCOC(=O)C1CCCC(Nc2ccc(Cl)cc2F)C1. The number of nitrogens with one attached hydrogen (secondary N) is 1. The van der Waals surface area contributed by atoms with Gasteiger partial charge in [-0.2, -0.15) is 0 Å². The maximum atomic E-state index is 13.7. The largest absolute Gasteiger partial charge is 0.466 e. The van der Waals surface area contributed by atoms with Gasteiger partial charge < -0.3 is 10.1 Å². The van der Waals surface area contributed by atoms with E-state index in [4.69, 9.17) is 16.3 Å². The van der Waals surface area contributed by atoms with Gasteiger partial charge >= 0.3 is 5.97 Å². The van der Waals surface area contributed by atoms with E-state index in [0.29, 0.717) is 23.7 Å². The van der Waals surface area contributed by atoms with Crippen molar-refractivity contribution in [1.82, 2.24) is 0 Å². The van der Waals surface area contributed by atoms with Crippen LogP contribution in [0.25, 0.3) is 0 Å². The van der Waals surface area contributed by atoms with Gasteiger partial charge in [0.1, 0.15) is 5.82 Å². The number of carbonyl (C=O) groups excluding carboxylic acids is 1. The van der Waals surface area contributed by atoms with Crippen molar-refractivity contribution in [1.29, 1.82) is 0 Å². The summed E-state index contributed by atoms with van der Waals surface area (Å²) in [5.74, 6) is -0.595. The number of carbonyl (C=O) groups is 1. The minimum Gasteiger partial charge on any atom is -0.466 e. The van der Waals surface area contributed by atoms with Crippen LogP contribution < -0.4 is 5.32 Å². The summed E-state index contributed by atoms with van der Waals surface area (Å²) in [6.45, 7) is 2.21. The lowest BCUT2D eigenvalue weighted by molar-refractivity contribution is -0.149. The van der Waals surface area contributed by atoms with Gasteiger partial charge in [-0.1, -0.05) is 18.0 Å². The van der Waals surface area contributed by atoms with Crippen molar-refractivity contribution < 1.29 is 13.9 Å². The van der Waals surface area contributed by atoms with E-state index in [1.807, 2.05) is 0 Å². The second-order valence-electron chi connectivity index (χ2n) is 5.08. The molecular formula is C15H19ClFNO2. The van der Waals surface area contributed by atoms with E-state index in [0.717, 1.165) is 19.3 Å². The molecule has 110 valence electrons. The molecule has 1 aliphatic rings. The highest BCUT2D eigenvalue weighted by molar-refractivity contribution is 6.30. The molecule has 0 radical (unpaired) electrons. The Morgan fingerprint density at radius 1 is 1.50 bits per heavy atom. The summed E-state index contributed by atoms with van der Waals surface area (Å²) >= 11 is 5.73. The standard InChI is InChI=1S/C15H19ClFNO2/c1-2-20-15(19)10-4-3-5-12(8-10)18-14-7-6-11(16)9-13(14)17/h6-7,9-10,12,18H,2-5,8H2,1H3. The molecule has 1 fully saturated rings. The Hall–Kier alpha value is -1.29. The first-order chi connectivity index (χ1) is 9.60. The quantitative estimate of drug-likeness (QED) is 0.854. The van der Waals surface area contributed by atoms with Gasteiger partial charge in [-0.25, -0.2) is 4.39 Å². The first kappa shape index (κ1) is 15.1. The molecule has 2 atom stereocenters. The van der Waals surface area contributed by atoms with E-state index in [-0.39, 0.29) is 23.7 Å². The smallest absolute Gasteiger partial charge is 0.308 e. The van der Waals surface area contributed by atoms with Crippen LogP contribution >= 0.6 is 11.6 Å². The monoisotopic (exact) mass is 299 g/mol. The van der Waals surface area contributed by atoms with Crippen molar-refractivity contribution in [2.75, 3.05) is 11.9 Å². The van der Waals surface area contributed by atoms with E-state index in [9.17, 15) is 9.18 Å². The lowest BCUT2D eigenvalue weighted by Gasteiger charge is -2.29. The van der Waals surface area contributed by atoms with Gasteiger partial charge in [-0.3, -0.25) is 4.79 Å². The molecule has 2 unspecified atom stereocenters. The first-order valence-corrected chi connectivity index (χ1v) is 7.36. The number of halogens is 2. The molecule has 20 heavy (non-hydrogen) atoms. The summed E-state index contributed by atoms with van der Waals surface area (Å²) in [4.78, 5) is 11.8. The fourth-order valence-corrected chi connectivity index (χ4v) is 2.78. The Bertz CT molecular complexity index is 481. The number of ether oxygens (including phenoxy) is 1. The van der Waals surface area contributed by atoms with Crippen molar-refractivity contribution in [2.45, 2.75) is 38.6 Å². The number of anilines is 1. The van der Waals surface area contributed by atoms with Crippen LogP contribution in [0.1, 0.15) is 32.6 Å². The summed E-state index contributed by atoms with van der Waals surface area (Å²) in [5, 5.41) is 3.54. The van der Waals surface area contributed by atoms with E-state index < -0.39 is 0 Å². The molecule has 1 aromatic rings. The molecule has 1 N–H and O–H groups in total. The predicted molar refractivity (Wildman–Crippen MR) is 77.4 cm³/mol. The lowest BCUT2D eigenvalue weighted by Crippen LogP contribution is -2.32. The Morgan fingerprint density at radius 2 is 2.30 bits per heavy atom. The van der Waals surface area contributed by atoms with Crippen molar-refractivity contribution in [3.63, 3.8) is 0 Å². The summed E-state index contributed by atoms with van der Waals surface area (Å²) < 4.78 is 18.8. The summed E-state index contributed by atoms with van der Waals surface area (Å²) in [5.41, 5.74) is 0.434. The van der Waals surface area contributed by atoms with Crippen LogP contribution in [0.5, 0.6) is 0 Å². The fourth-order valence-electron chi connectivity index (χ4n) is 2.62. The Morgan fingerprint density at radius 3 is 3.00 bits per heavy atom. The zero-order chi connectivity index (χ0) is 14.5. The average Bonchev–Trinajstić information content (AvgIpc) is 2.43. The van der Waals surface area contributed by atoms with E-state index in [2.05, 4.69) is 5.32 Å². The zero-order valence-corrected chi connectivity index (χ0v) is 12.3. The maximum absolute atomic E-state index is 13.7. The van der Waals surface area contributed by atoms with Crippen molar-refractivity contribution in [3.05, 3.63) is 29.0 Å². The molecule has 1 aliphatic carbocycles. The van der Waals surface area contributed by atoms with Crippen LogP contribution in [-0.4, -0.2) is 18.6 Å². The summed E-state index contributed by atoms with van der Waals surface area (Å²) in [6, 6.07) is 4.66. The van der Waals surface area contributed by atoms with Crippen molar-refractivity contribution >= 4 is 23.3 Å². The number of rotatable bonds is 4. The van der Waals surface area contributed by atoms with Crippen LogP contribution in [0.3, 0.4) is 0 Å². The molecule has 0 aromatic heterocycles. The number of benzene rings is 1. The zero-order valence-electron chi connectivity index (χ0n) is 11.5. The van der Waals surface area contributed by atoms with Crippen LogP contribution in [0, 0.1) is 11.7 Å². The predicted octanol–water partition coefficient (Wildman–Crippen LogP) is 4.01. The molecule has 3 nitrogen and oxygen atoms in total. The third-order valence-electron chi connectivity index (χ3n) is 3.58. The van der Waals surface area contributed by atoms with Gasteiger partial charge in [0.05, 0.1) is 18.2 Å². The van der Waals surface area contributed by atoms with Crippen LogP contribution in [0.2, 0.25) is 5.02 Å². The third kappa shape index (κ3) is 3.85. The van der Waals surface area contributed by atoms with Crippen LogP contribution in [-0.2, 0) is 9.53 Å². The minimum atomic E-state index is -0.365. The molecule has 0 saturated heterocycles. The summed E-state index contributed by atoms with van der Waals surface area (Å²) in [7, 11) is 0. The Labute approximate surface area is 123 Å². The second kappa shape index (κ2) is 6.93. The normalized spacial score (nSPS) is 22.4. The van der Waals surface area contributed by atoms with Crippen LogP contribution in [0.15, 0.2) is 18.2 Å². The molecule has 5 heteroatoms. The molecular weight excluding hydrogens is 281 g/mol. The Kier molecular flexibility index (Phi) is 5.24. The molecule has 0 heterocycles. The molecule has 1 aromatic carbocycles. The Balaban J connectivity index is 1.97. The summed E-state index contributed by atoms with van der Waals surface area (Å²) in [6.07, 6.45) is 3.40. The molecule has 2 rings (SSSR count). The molecule has 0 bridgehead atoms. The van der Waals surface area contributed by atoms with Crippen molar-refractivity contribution in [2.24, 2.45) is 5.92 Å². The average molecular weight is 300 g/mol. The molecule has 0 amide bonds. The van der Waals surface area contributed by atoms with Gasteiger partial charge in [0.2, 0.25) is 0 Å². The first-order valence-electron chi connectivity index (χ1n) is 6.98. The maximum Gasteiger partial charge on any atom is 0.308 e. The van der Waals surface area contributed by atoms with Gasteiger partial charge in [0, 0.05) is 11.1 Å². The second-order valence-corrected chi connectivity index (χ2v) is 5.52. The molecule has 0 spiro atoms. The fraction of sp³-hybridized carbons (Fsp3) is 0.533. The molecule has 0 aliphatic heterocycles. The topological polar surface area (TPSA) is 38.3 Å². The highest BCUT2D eigenvalue weighted by Crippen LogP contribution is 2.29. The van der Waals surface area contributed by atoms with E-state index in [1.54, 1.807) is 19.1 Å². The molecule has 1 saturated carbocycles. The number of esters is 1. The van der Waals surface area contributed by atoms with Gasteiger partial charge in [-0.15, -0.1) is 0 Å². The van der Waals surface area contributed by atoms with Crippen LogP contribution in [0.4, 0.5) is 10.1 Å².